The highest BCUT2D eigenvalue weighted by molar-refractivity contribution is 6.34. The molecule has 1 aliphatic rings. The topological polar surface area (TPSA) is 60.2 Å². The quantitative estimate of drug-likeness (QED) is 0.503. The Labute approximate surface area is 110 Å². The van der Waals surface area contributed by atoms with E-state index in [-0.39, 0.29) is 11.8 Å². The lowest BCUT2D eigenvalue weighted by atomic mass is 9.97. The average Bonchev–Trinajstić information content (AvgIpc) is 2.49. The predicted molar refractivity (Wildman–Crippen MR) is 72.3 cm³/mol. The number of carbonyl (C=O) groups is 2. The summed E-state index contributed by atoms with van der Waals surface area (Å²) >= 11 is 0. The molecule has 1 fully saturated rings. The SMILES string of the molecule is NC1C(=O)[N+](c2ccccc2)(c2ccccc2)C1=O. The second-order valence-electron chi connectivity index (χ2n) is 4.50. The number of amides is 2. The molecule has 19 heavy (non-hydrogen) atoms. The Morgan fingerprint density at radius 1 is 0.737 bits per heavy atom. The Morgan fingerprint density at radius 3 is 1.47 bits per heavy atom. The van der Waals surface area contributed by atoms with Gasteiger partial charge in [0.05, 0.1) is 0 Å². The molecule has 94 valence electrons. The number of nitrogens with two attached hydrogens (primary N) is 1. The summed E-state index contributed by atoms with van der Waals surface area (Å²) in [5, 5.41) is 0. The first kappa shape index (κ1) is 11.8. The van der Waals surface area contributed by atoms with Crippen molar-refractivity contribution < 1.29 is 9.59 Å². The minimum Gasteiger partial charge on any atom is -0.305 e. The van der Waals surface area contributed by atoms with Crippen LogP contribution in [0.4, 0.5) is 11.4 Å². The van der Waals surface area contributed by atoms with Crippen molar-refractivity contribution >= 4 is 23.2 Å². The highest BCUT2D eigenvalue weighted by Crippen LogP contribution is 2.41. The van der Waals surface area contributed by atoms with Gasteiger partial charge in [-0.3, -0.25) is 0 Å². The maximum Gasteiger partial charge on any atom is 0.362 e. The van der Waals surface area contributed by atoms with E-state index < -0.39 is 10.5 Å². The largest absolute Gasteiger partial charge is 0.362 e. The van der Waals surface area contributed by atoms with Crippen molar-refractivity contribution in [2.75, 3.05) is 0 Å². The van der Waals surface area contributed by atoms with Crippen LogP contribution in [-0.2, 0) is 9.59 Å². The minimum atomic E-state index is -1.03. The predicted octanol–water partition coefficient (Wildman–Crippen LogP) is 1.72. The van der Waals surface area contributed by atoms with Crippen molar-refractivity contribution in [3.8, 4) is 0 Å². The van der Waals surface area contributed by atoms with Crippen LogP contribution >= 0.6 is 0 Å². The maximum absolute atomic E-state index is 12.3. The van der Waals surface area contributed by atoms with E-state index in [9.17, 15) is 9.59 Å². The Kier molecular flexibility index (Phi) is 2.55. The Hall–Kier alpha value is -2.30. The molecule has 0 atom stereocenters. The summed E-state index contributed by atoms with van der Waals surface area (Å²) in [7, 11) is 0. The van der Waals surface area contributed by atoms with Crippen LogP contribution in [0, 0.1) is 0 Å². The van der Waals surface area contributed by atoms with Crippen LogP contribution in [0.15, 0.2) is 60.7 Å². The number of β-lactam (4-membered cyclic amide) rings is 2. The zero-order valence-electron chi connectivity index (χ0n) is 10.2. The molecule has 0 spiro atoms. The van der Waals surface area contributed by atoms with Gasteiger partial charge in [0, 0.05) is 24.3 Å². The van der Waals surface area contributed by atoms with Gasteiger partial charge in [0.2, 0.25) is 6.04 Å². The molecule has 4 nitrogen and oxygen atoms in total. The fraction of sp³-hybridized carbons (Fsp3) is 0.0667. The molecular formula is C15H13N2O2+. The first-order valence-electron chi connectivity index (χ1n) is 6.03. The number of hydrogen-bond donors (Lipinski definition) is 1. The molecule has 2 amide bonds. The summed E-state index contributed by atoms with van der Waals surface area (Å²) in [5.74, 6) is -0.579. The van der Waals surface area contributed by atoms with Gasteiger partial charge in [0.15, 0.2) is 11.4 Å². The Morgan fingerprint density at radius 2 is 1.11 bits per heavy atom. The number of quaternary nitrogens is 1. The molecule has 4 heteroatoms. The van der Waals surface area contributed by atoms with Crippen LogP contribution in [0.25, 0.3) is 0 Å². The van der Waals surface area contributed by atoms with Crippen LogP contribution in [0.1, 0.15) is 0 Å². The van der Waals surface area contributed by atoms with Crippen molar-refractivity contribution in [1.29, 1.82) is 0 Å². The highest BCUT2D eigenvalue weighted by atomic mass is 16.2. The number of hydrogen-bond acceptors (Lipinski definition) is 3. The highest BCUT2D eigenvalue weighted by Gasteiger charge is 2.66. The maximum atomic E-state index is 12.3. The van der Waals surface area contributed by atoms with Crippen molar-refractivity contribution in [2.24, 2.45) is 5.73 Å². The van der Waals surface area contributed by atoms with Gasteiger partial charge in [-0.05, 0) is 0 Å². The van der Waals surface area contributed by atoms with Crippen molar-refractivity contribution in [2.45, 2.75) is 6.04 Å². The van der Waals surface area contributed by atoms with E-state index >= 15 is 0 Å². The third-order valence-electron chi connectivity index (χ3n) is 3.48. The molecular weight excluding hydrogens is 240 g/mol. The van der Waals surface area contributed by atoms with E-state index in [2.05, 4.69) is 0 Å². The molecule has 1 aliphatic heterocycles. The molecule has 0 aromatic heterocycles. The molecule has 3 rings (SSSR count). The van der Waals surface area contributed by atoms with Gasteiger partial charge in [-0.15, -0.1) is 4.48 Å². The molecule has 0 unspecified atom stereocenters. The van der Waals surface area contributed by atoms with E-state index in [4.69, 9.17) is 5.73 Å². The van der Waals surface area contributed by atoms with Crippen molar-refractivity contribution in [3.63, 3.8) is 0 Å². The normalized spacial score (nSPS) is 18.2. The lowest BCUT2D eigenvalue weighted by Gasteiger charge is -2.41. The van der Waals surface area contributed by atoms with Crippen molar-refractivity contribution in [1.82, 2.24) is 4.48 Å². The van der Waals surface area contributed by atoms with Crippen LogP contribution in [-0.4, -0.2) is 17.9 Å². The second kappa shape index (κ2) is 4.12. The standard InChI is InChI=1S/C15H13N2O2/c16-13-14(18)17(15(13)19,11-7-3-1-4-8-11)12-9-5-2-6-10-12/h1-10,13H,16H2/q+1. The number of nitrogens with zero attached hydrogens (tertiary/aromatic N) is 1. The molecule has 2 aromatic carbocycles. The van der Waals surface area contributed by atoms with E-state index in [0.29, 0.717) is 11.4 Å². The van der Waals surface area contributed by atoms with Crippen LogP contribution in [0.3, 0.4) is 0 Å². The van der Waals surface area contributed by atoms with Gasteiger partial charge in [0.1, 0.15) is 0 Å². The van der Waals surface area contributed by atoms with Crippen molar-refractivity contribution in [3.05, 3.63) is 60.7 Å². The summed E-state index contributed by atoms with van der Waals surface area (Å²) < 4.78 is -0.414. The molecule has 2 N–H and O–H groups in total. The van der Waals surface area contributed by atoms with Crippen LogP contribution in [0.2, 0.25) is 0 Å². The molecule has 0 bridgehead atoms. The number of imide groups is 1. The number of benzene rings is 2. The second-order valence-corrected chi connectivity index (χ2v) is 4.50. The van der Waals surface area contributed by atoms with Gasteiger partial charge in [-0.1, -0.05) is 36.4 Å². The monoisotopic (exact) mass is 253 g/mol. The Bertz CT molecular complexity index is 580. The average molecular weight is 253 g/mol. The van der Waals surface area contributed by atoms with Gasteiger partial charge >= 0.3 is 11.8 Å². The number of rotatable bonds is 2. The fourth-order valence-corrected chi connectivity index (χ4v) is 2.53. The van der Waals surface area contributed by atoms with Gasteiger partial charge in [-0.2, -0.15) is 0 Å². The lowest BCUT2D eigenvalue weighted by Crippen LogP contribution is -2.76. The van der Waals surface area contributed by atoms with Gasteiger partial charge in [0.25, 0.3) is 0 Å². The minimum absolute atomic E-state index is 0.289. The van der Waals surface area contributed by atoms with Crippen LogP contribution in [0.5, 0.6) is 0 Å². The molecule has 0 aliphatic carbocycles. The van der Waals surface area contributed by atoms with E-state index in [0.717, 1.165) is 0 Å². The summed E-state index contributed by atoms with van der Waals surface area (Å²) in [6, 6.07) is 17.0. The Balaban J connectivity index is 2.25. The molecule has 0 saturated carbocycles. The number of para-hydroxylation sites is 2. The summed E-state index contributed by atoms with van der Waals surface area (Å²) in [5.41, 5.74) is 6.86. The summed E-state index contributed by atoms with van der Waals surface area (Å²) in [4.78, 5) is 24.6. The van der Waals surface area contributed by atoms with E-state index in [1.54, 1.807) is 24.3 Å². The molecule has 2 aromatic rings. The molecule has 1 saturated heterocycles. The van der Waals surface area contributed by atoms with E-state index in [1.807, 2.05) is 36.4 Å². The third-order valence-corrected chi connectivity index (χ3v) is 3.48. The molecule has 1 heterocycles. The first-order chi connectivity index (χ1) is 9.19. The first-order valence-corrected chi connectivity index (χ1v) is 6.03. The zero-order valence-corrected chi connectivity index (χ0v) is 10.2. The fourth-order valence-electron chi connectivity index (χ4n) is 2.53. The summed E-state index contributed by atoms with van der Waals surface area (Å²) in [6.07, 6.45) is 0. The van der Waals surface area contributed by atoms with Gasteiger partial charge in [-0.25, -0.2) is 9.59 Å². The van der Waals surface area contributed by atoms with Gasteiger partial charge < -0.3 is 5.73 Å². The van der Waals surface area contributed by atoms with E-state index in [1.165, 1.54) is 0 Å². The molecule has 0 radical (unpaired) electrons. The zero-order chi connectivity index (χ0) is 13.5. The lowest BCUT2D eigenvalue weighted by molar-refractivity contribution is -0.154. The summed E-state index contributed by atoms with van der Waals surface area (Å²) in [6.45, 7) is 0. The van der Waals surface area contributed by atoms with Crippen LogP contribution < -0.4 is 10.2 Å². The smallest absolute Gasteiger partial charge is 0.305 e. The third kappa shape index (κ3) is 1.41. The number of carbonyl (C=O) groups excluding carboxylic acids is 2.